The van der Waals surface area contributed by atoms with E-state index in [4.69, 9.17) is 11.6 Å². The number of aromatic nitrogens is 2. The molecule has 1 aromatic heterocycles. The van der Waals surface area contributed by atoms with Crippen molar-refractivity contribution in [3.8, 4) is 10.6 Å². The van der Waals surface area contributed by atoms with Crippen LogP contribution in [-0.2, 0) is 11.2 Å². The molecule has 0 spiro atoms. The highest BCUT2D eigenvalue weighted by atomic mass is 35.5. The number of rotatable bonds is 4. The summed E-state index contributed by atoms with van der Waals surface area (Å²) in [6.07, 6.45) is 0.257. The molecule has 3 aromatic rings. The van der Waals surface area contributed by atoms with Gasteiger partial charge in [-0.25, -0.2) is 4.39 Å². The van der Waals surface area contributed by atoms with Crippen LogP contribution in [0.2, 0.25) is 5.02 Å². The molecule has 7 heteroatoms. The number of benzene rings is 2. The van der Waals surface area contributed by atoms with Gasteiger partial charge < -0.3 is 5.32 Å². The Morgan fingerprint density at radius 3 is 2.70 bits per heavy atom. The van der Waals surface area contributed by atoms with E-state index in [9.17, 15) is 9.18 Å². The molecule has 4 nitrogen and oxygen atoms in total. The number of carbonyl (C=O) groups is 1. The largest absolute Gasteiger partial charge is 0.300 e. The number of hydrogen-bond donors (Lipinski definition) is 1. The molecule has 0 atom stereocenters. The van der Waals surface area contributed by atoms with E-state index in [1.807, 2.05) is 30.3 Å². The van der Waals surface area contributed by atoms with E-state index in [1.54, 1.807) is 0 Å². The number of carbonyl (C=O) groups excluding carboxylic acids is 1. The van der Waals surface area contributed by atoms with Gasteiger partial charge >= 0.3 is 0 Å². The van der Waals surface area contributed by atoms with E-state index < -0.39 is 5.82 Å². The van der Waals surface area contributed by atoms with Gasteiger partial charge in [0.1, 0.15) is 5.82 Å². The molecular formula is C16H11ClFN3OS. The number of anilines is 1. The molecule has 0 bridgehead atoms. The van der Waals surface area contributed by atoms with E-state index in [2.05, 4.69) is 15.5 Å². The second-order valence-electron chi connectivity index (χ2n) is 4.75. The zero-order chi connectivity index (χ0) is 16.2. The zero-order valence-corrected chi connectivity index (χ0v) is 13.4. The maximum absolute atomic E-state index is 13.1. The lowest BCUT2D eigenvalue weighted by molar-refractivity contribution is -0.115. The number of amides is 1. The molecule has 1 N–H and O–H groups in total. The number of halogens is 2. The number of nitrogens with zero attached hydrogens (tertiary/aromatic N) is 2. The van der Waals surface area contributed by atoms with E-state index in [0.29, 0.717) is 15.7 Å². The summed E-state index contributed by atoms with van der Waals surface area (Å²) in [5, 5.41) is 11.8. The second-order valence-corrected chi connectivity index (χ2v) is 6.13. The number of nitrogens with one attached hydrogen (secondary N) is 1. The maximum Gasteiger partial charge on any atom is 0.230 e. The third-order valence-electron chi connectivity index (χ3n) is 3.04. The average Bonchev–Trinajstić information content (AvgIpc) is 2.96. The first-order valence-corrected chi connectivity index (χ1v) is 7.94. The molecule has 2 aromatic carbocycles. The highest BCUT2D eigenvalue weighted by molar-refractivity contribution is 7.18. The van der Waals surface area contributed by atoms with Gasteiger partial charge in [-0.2, -0.15) is 0 Å². The fraction of sp³-hybridized carbons (Fsp3) is 0.0625. The van der Waals surface area contributed by atoms with Gasteiger partial charge in [-0.15, -0.1) is 10.2 Å². The van der Waals surface area contributed by atoms with Crippen molar-refractivity contribution in [1.82, 2.24) is 10.2 Å². The van der Waals surface area contributed by atoms with Gasteiger partial charge in [0.15, 0.2) is 5.01 Å². The Balaban J connectivity index is 1.71. The van der Waals surface area contributed by atoms with Crippen LogP contribution in [0.5, 0.6) is 0 Å². The van der Waals surface area contributed by atoms with Crippen LogP contribution in [0, 0.1) is 5.82 Å². The van der Waals surface area contributed by atoms with E-state index in [1.165, 1.54) is 29.5 Å². The Kier molecular flexibility index (Phi) is 4.64. The quantitative estimate of drug-likeness (QED) is 0.770. The number of hydrogen-bond acceptors (Lipinski definition) is 4. The van der Waals surface area contributed by atoms with Crippen LogP contribution in [-0.4, -0.2) is 16.1 Å². The SMILES string of the molecule is O=C(Cc1ccccc1)Nc1nnc(-c2ccc(F)cc2Cl)s1. The first-order valence-electron chi connectivity index (χ1n) is 6.74. The summed E-state index contributed by atoms with van der Waals surface area (Å²) in [7, 11) is 0. The first kappa shape index (κ1) is 15.6. The molecule has 0 aliphatic heterocycles. The van der Waals surface area contributed by atoms with Crippen LogP contribution in [0.1, 0.15) is 5.56 Å². The lowest BCUT2D eigenvalue weighted by Gasteiger charge is -2.01. The predicted octanol–water partition coefficient (Wildman–Crippen LogP) is 4.18. The second kappa shape index (κ2) is 6.85. The lowest BCUT2D eigenvalue weighted by atomic mass is 10.1. The summed E-state index contributed by atoms with van der Waals surface area (Å²) in [5.74, 6) is -0.594. The van der Waals surface area contributed by atoms with Gasteiger partial charge in [0, 0.05) is 5.56 Å². The monoisotopic (exact) mass is 347 g/mol. The van der Waals surface area contributed by atoms with Gasteiger partial charge in [-0.1, -0.05) is 53.3 Å². The molecule has 0 unspecified atom stereocenters. The standard InChI is InChI=1S/C16H11ClFN3OS/c17-13-9-11(18)6-7-12(13)15-20-21-16(23-15)19-14(22)8-10-4-2-1-3-5-10/h1-7,9H,8H2,(H,19,21,22). The van der Waals surface area contributed by atoms with Crippen molar-refractivity contribution >= 4 is 34.0 Å². The van der Waals surface area contributed by atoms with Gasteiger partial charge in [0.25, 0.3) is 0 Å². The van der Waals surface area contributed by atoms with Crippen molar-refractivity contribution < 1.29 is 9.18 Å². The van der Waals surface area contributed by atoms with Crippen LogP contribution < -0.4 is 5.32 Å². The Bertz CT molecular complexity index is 838. The van der Waals surface area contributed by atoms with Crippen LogP contribution >= 0.6 is 22.9 Å². The topological polar surface area (TPSA) is 54.9 Å². The van der Waals surface area contributed by atoms with E-state index in [0.717, 1.165) is 5.56 Å². The lowest BCUT2D eigenvalue weighted by Crippen LogP contribution is -2.14. The third kappa shape index (κ3) is 3.91. The fourth-order valence-corrected chi connectivity index (χ4v) is 3.10. The molecule has 0 fully saturated rings. The minimum Gasteiger partial charge on any atom is -0.300 e. The van der Waals surface area contributed by atoms with Gasteiger partial charge in [-0.05, 0) is 23.8 Å². The molecule has 23 heavy (non-hydrogen) atoms. The molecule has 0 saturated carbocycles. The first-order chi connectivity index (χ1) is 11.1. The molecule has 116 valence electrons. The van der Waals surface area contributed by atoms with Gasteiger partial charge in [0.05, 0.1) is 11.4 Å². The maximum atomic E-state index is 13.1. The normalized spacial score (nSPS) is 10.5. The summed E-state index contributed by atoms with van der Waals surface area (Å²) < 4.78 is 13.1. The molecule has 3 rings (SSSR count). The van der Waals surface area contributed by atoms with Gasteiger partial charge in [0.2, 0.25) is 11.0 Å². The third-order valence-corrected chi connectivity index (χ3v) is 4.23. The Morgan fingerprint density at radius 1 is 1.17 bits per heavy atom. The molecule has 1 heterocycles. The van der Waals surface area contributed by atoms with Gasteiger partial charge in [-0.3, -0.25) is 4.79 Å². The van der Waals surface area contributed by atoms with Crippen molar-refractivity contribution in [2.75, 3.05) is 5.32 Å². The molecule has 1 amide bonds. The van der Waals surface area contributed by atoms with Crippen molar-refractivity contribution in [2.24, 2.45) is 0 Å². The summed E-state index contributed by atoms with van der Waals surface area (Å²) in [6, 6.07) is 13.5. The summed E-state index contributed by atoms with van der Waals surface area (Å²) in [6.45, 7) is 0. The summed E-state index contributed by atoms with van der Waals surface area (Å²) in [4.78, 5) is 12.0. The molecule has 0 aliphatic carbocycles. The van der Waals surface area contributed by atoms with E-state index >= 15 is 0 Å². The minimum absolute atomic E-state index is 0.177. The van der Waals surface area contributed by atoms with Crippen LogP contribution in [0.25, 0.3) is 10.6 Å². The Labute approximate surface area is 141 Å². The minimum atomic E-state index is -0.417. The van der Waals surface area contributed by atoms with Crippen LogP contribution in [0.15, 0.2) is 48.5 Å². The zero-order valence-electron chi connectivity index (χ0n) is 11.8. The summed E-state index contributed by atoms with van der Waals surface area (Å²) >= 11 is 7.18. The van der Waals surface area contributed by atoms with Crippen molar-refractivity contribution in [2.45, 2.75) is 6.42 Å². The molecular weight excluding hydrogens is 337 g/mol. The summed E-state index contributed by atoms with van der Waals surface area (Å²) in [5.41, 5.74) is 1.49. The molecule has 0 radical (unpaired) electrons. The Morgan fingerprint density at radius 2 is 1.96 bits per heavy atom. The van der Waals surface area contributed by atoms with Crippen molar-refractivity contribution in [3.05, 3.63) is 64.9 Å². The highest BCUT2D eigenvalue weighted by Gasteiger charge is 2.13. The van der Waals surface area contributed by atoms with E-state index in [-0.39, 0.29) is 17.4 Å². The van der Waals surface area contributed by atoms with Crippen LogP contribution in [0.4, 0.5) is 9.52 Å². The molecule has 0 saturated heterocycles. The highest BCUT2D eigenvalue weighted by Crippen LogP contribution is 2.32. The predicted molar refractivity (Wildman–Crippen MR) is 89.1 cm³/mol. The fourth-order valence-electron chi connectivity index (χ4n) is 1.99. The Hall–Kier alpha value is -2.31. The molecule has 0 aliphatic rings. The average molecular weight is 348 g/mol. The van der Waals surface area contributed by atoms with Crippen molar-refractivity contribution in [3.63, 3.8) is 0 Å². The smallest absolute Gasteiger partial charge is 0.230 e. The van der Waals surface area contributed by atoms with Crippen LogP contribution in [0.3, 0.4) is 0 Å². The van der Waals surface area contributed by atoms with Crippen molar-refractivity contribution in [1.29, 1.82) is 0 Å².